The van der Waals surface area contributed by atoms with E-state index in [2.05, 4.69) is 24.5 Å². The molecular formula is C11H26N2O. The lowest BCUT2D eigenvalue weighted by Gasteiger charge is -2.13. The van der Waals surface area contributed by atoms with E-state index in [0.29, 0.717) is 6.04 Å². The zero-order valence-electron chi connectivity index (χ0n) is 9.94. The molecule has 0 aromatic rings. The van der Waals surface area contributed by atoms with E-state index in [4.69, 9.17) is 4.74 Å². The van der Waals surface area contributed by atoms with Crippen LogP contribution in [0.1, 0.15) is 33.1 Å². The molecule has 2 N–H and O–H groups in total. The van der Waals surface area contributed by atoms with E-state index < -0.39 is 0 Å². The molecule has 0 spiro atoms. The number of rotatable bonds is 10. The topological polar surface area (TPSA) is 33.3 Å². The zero-order chi connectivity index (χ0) is 10.6. The average Bonchev–Trinajstić information content (AvgIpc) is 2.20. The van der Waals surface area contributed by atoms with Crippen LogP contribution in [-0.4, -0.2) is 39.4 Å². The van der Waals surface area contributed by atoms with E-state index in [1.807, 2.05) is 0 Å². The highest BCUT2D eigenvalue weighted by Gasteiger charge is 1.98. The lowest BCUT2D eigenvalue weighted by molar-refractivity contribution is 0.199. The highest BCUT2D eigenvalue weighted by Crippen LogP contribution is 1.98. The van der Waals surface area contributed by atoms with Crippen LogP contribution in [0.2, 0.25) is 0 Å². The van der Waals surface area contributed by atoms with E-state index in [-0.39, 0.29) is 0 Å². The van der Waals surface area contributed by atoms with Crippen LogP contribution in [0.15, 0.2) is 0 Å². The lowest BCUT2D eigenvalue weighted by Crippen LogP contribution is -2.34. The monoisotopic (exact) mass is 202 g/mol. The second-order valence-electron chi connectivity index (χ2n) is 3.74. The van der Waals surface area contributed by atoms with Crippen molar-refractivity contribution in [2.75, 3.05) is 33.4 Å². The predicted octanol–water partition coefficient (Wildman–Crippen LogP) is 1.39. The van der Waals surface area contributed by atoms with Crippen molar-refractivity contribution in [1.29, 1.82) is 0 Å². The Kier molecular flexibility index (Phi) is 10.9. The van der Waals surface area contributed by atoms with Gasteiger partial charge in [0.05, 0.1) is 6.61 Å². The number of methoxy groups -OCH3 is 1. The van der Waals surface area contributed by atoms with Gasteiger partial charge in [0.15, 0.2) is 0 Å². The maximum absolute atomic E-state index is 4.94. The molecule has 0 radical (unpaired) electrons. The SMILES string of the molecule is CCCCC(C)NCCNCCOC. The summed E-state index contributed by atoms with van der Waals surface area (Å²) in [6.45, 7) is 8.31. The minimum Gasteiger partial charge on any atom is -0.383 e. The van der Waals surface area contributed by atoms with Gasteiger partial charge in [-0.2, -0.15) is 0 Å². The molecule has 0 bridgehead atoms. The molecule has 0 saturated heterocycles. The molecule has 0 fully saturated rings. The molecule has 0 heterocycles. The Morgan fingerprint density at radius 3 is 2.64 bits per heavy atom. The summed E-state index contributed by atoms with van der Waals surface area (Å²) >= 11 is 0. The van der Waals surface area contributed by atoms with Crippen LogP contribution in [-0.2, 0) is 4.74 Å². The van der Waals surface area contributed by atoms with Crippen molar-refractivity contribution >= 4 is 0 Å². The Labute approximate surface area is 88.6 Å². The number of ether oxygens (including phenoxy) is 1. The van der Waals surface area contributed by atoms with E-state index in [9.17, 15) is 0 Å². The Morgan fingerprint density at radius 2 is 2.00 bits per heavy atom. The predicted molar refractivity (Wildman–Crippen MR) is 61.7 cm³/mol. The average molecular weight is 202 g/mol. The van der Waals surface area contributed by atoms with Gasteiger partial charge < -0.3 is 15.4 Å². The van der Waals surface area contributed by atoms with Gasteiger partial charge in [-0.1, -0.05) is 19.8 Å². The second-order valence-corrected chi connectivity index (χ2v) is 3.74. The molecule has 0 amide bonds. The molecular weight excluding hydrogens is 176 g/mol. The van der Waals surface area contributed by atoms with Gasteiger partial charge in [-0.05, 0) is 13.3 Å². The third-order valence-corrected chi connectivity index (χ3v) is 2.27. The molecule has 14 heavy (non-hydrogen) atoms. The molecule has 86 valence electrons. The molecule has 0 rings (SSSR count). The van der Waals surface area contributed by atoms with E-state index in [1.54, 1.807) is 7.11 Å². The summed E-state index contributed by atoms with van der Waals surface area (Å²) < 4.78 is 4.94. The molecule has 0 aliphatic carbocycles. The van der Waals surface area contributed by atoms with Gasteiger partial charge in [0.1, 0.15) is 0 Å². The highest BCUT2D eigenvalue weighted by molar-refractivity contribution is 4.61. The highest BCUT2D eigenvalue weighted by atomic mass is 16.5. The summed E-state index contributed by atoms with van der Waals surface area (Å²) in [5.74, 6) is 0. The minimum atomic E-state index is 0.652. The second kappa shape index (κ2) is 11.0. The van der Waals surface area contributed by atoms with Gasteiger partial charge in [-0.3, -0.25) is 0 Å². The van der Waals surface area contributed by atoms with Gasteiger partial charge in [-0.15, -0.1) is 0 Å². The normalized spacial score (nSPS) is 13.1. The van der Waals surface area contributed by atoms with Crippen LogP contribution < -0.4 is 10.6 Å². The maximum Gasteiger partial charge on any atom is 0.0587 e. The van der Waals surface area contributed by atoms with Crippen molar-refractivity contribution in [1.82, 2.24) is 10.6 Å². The van der Waals surface area contributed by atoms with Gasteiger partial charge >= 0.3 is 0 Å². The fraction of sp³-hybridized carbons (Fsp3) is 1.00. The number of nitrogens with one attached hydrogen (secondary N) is 2. The Balaban J connectivity index is 3.02. The Bertz CT molecular complexity index is 109. The van der Waals surface area contributed by atoms with Crippen LogP contribution in [0, 0.1) is 0 Å². The smallest absolute Gasteiger partial charge is 0.0587 e. The summed E-state index contributed by atoms with van der Waals surface area (Å²) in [7, 11) is 1.73. The molecule has 3 nitrogen and oxygen atoms in total. The summed E-state index contributed by atoms with van der Waals surface area (Å²) in [6, 6.07) is 0.652. The van der Waals surface area contributed by atoms with Gasteiger partial charge in [0.25, 0.3) is 0 Å². The third kappa shape index (κ3) is 9.96. The molecule has 0 aromatic carbocycles. The van der Waals surface area contributed by atoms with E-state index in [1.165, 1.54) is 19.3 Å². The first kappa shape index (κ1) is 13.9. The summed E-state index contributed by atoms with van der Waals surface area (Å²) in [4.78, 5) is 0. The molecule has 1 atom stereocenters. The van der Waals surface area contributed by atoms with Gasteiger partial charge in [0.2, 0.25) is 0 Å². The first-order valence-corrected chi connectivity index (χ1v) is 5.74. The standard InChI is InChI=1S/C11H26N2O/c1-4-5-6-11(2)13-8-7-12-9-10-14-3/h11-13H,4-10H2,1-3H3. The summed E-state index contributed by atoms with van der Waals surface area (Å²) in [5.41, 5.74) is 0. The molecule has 3 heteroatoms. The number of hydrogen-bond donors (Lipinski definition) is 2. The fourth-order valence-electron chi connectivity index (χ4n) is 1.32. The quantitative estimate of drug-likeness (QED) is 0.525. The maximum atomic E-state index is 4.94. The minimum absolute atomic E-state index is 0.652. The Hall–Kier alpha value is -0.120. The molecule has 0 aliphatic heterocycles. The van der Waals surface area contributed by atoms with Crippen molar-refractivity contribution in [3.8, 4) is 0 Å². The third-order valence-electron chi connectivity index (χ3n) is 2.27. The van der Waals surface area contributed by atoms with Crippen molar-refractivity contribution in [3.63, 3.8) is 0 Å². The van der Waals surface area contributed by atoms with Crippen LogP contribution in [0.25, 0.3) is 0 Å². The first-order valence-electron chi connectivity index (χ1n) is 5.74. The van der Waals surface area contributed by atoms with Gasteiger partial charge in [0, 0.05) is 32.8 Å². The zero-order valence-corrected chi connectivity index (χ0v) is 9.94. The number of hydrogen-bond acceptors (Lipinski definition) is 3. The number of unbranched alkanes of at least 4 members (excludes halogenated alkanes) is 1. The Morgan fingerprint density at radius 1 is 1.21 bits per heavy atom. The molecule has 0 aromatic heterocycles. The van der Waals surface area contributed by atoms with Gasteiger partial charge in [-0.25, -0.2) is 0 Å². The van der Waals surface area contributed by atoms with Crippen molar-refractivity contribution in [2.24, 2.45) is 0 Å². The van der Waals surface area contributed by atoms with Crippen molar-refractivity contribution in [2.45, 2.75) is 39.2 Å². The van der Waals surface area contributed by atoms with Crippen LogP contribution in [0.5, 0.6) is 0 Å². The summed E-state index contributed by atoms with van der Waals surface area (Å²) in [6.07, 6.45) is 3.90. The largest absolute Gasteiger partial charge is 0.383 e. The fourth-order valence-corrected chi connectivity index (χ4v) is 1.32. The first-order chi connectivity index (χ1) is 6.81. The van der Waals surface area contributed by atoms with E-state index >= 15 is 0 Å². The molecule has 1 unspecified atom stereocenters. The van der Waals surface area contributed by atoms with E-state index in [0.717, 1.165) is 26.2 Å². The van der Waals surface area contributed by atoms with Crippen LogP contribution >= 0.6 is 0 Å². The molecule has 0 saturated carbocycles. The van der Waals surface area contributed by atoms with Crippen LogP contribution in [0.4, 0.5) is 0 Å². The van der Waals surface area contributed by atoms with Crippen molar-refractivity contribution < 1.29 is 4.74 Å². The van der Waals surface area contributed by atoms with Crippen molar-refractivity contribution in [3.05, 3.63) is 0 Å². The lowest BCUT2D eigenvalue weighted by atomic mass is 10.1. The summed E-state index contributed by atoms with van der Waals surface area (Å²) in [5, 5.41) is 6.80. The molecule has 0 aliphatic rings. The van der Waals surface area contributed by atoms with Crippen LogP contribution in [0.3, 0.4) is 0 Å².